The van der Waals surface area contributed by atoms with Crippen molar-refractivity contribution in [2.24, 2.45) is 0 Å². The first-order valence-corrected chi connectivity index (χ1v) is 2.72. The van der Waals surface area contributed by atoms with Crippen LogP contribution >= 0.6 is 0 Å². The van der Waals surface area contributed by atoms with Crippen molar-refractivity contribution in [1.29, 1.82) is 0 Å². The van der Waals surface area contributed by atoms with Gasteiger partial charge in [0.15, 0.2) is 0 Å². The van der Waals surface area contributed by atoms with Gasteiger partial charge in [0.05, 0.1) is 6.26 Å². The van der Waals surface area contributed by atoms with Crippen molar-refractivity contribution in [3.63, 3.8) is 0 Å². The summed E-state index contributed by atoms with van der Waals surface area (Å²) < 4.78 is 4.15. The SMILES string of the molecule is CCC(C)=COC(=O)O. The smallest absolute Gasteiger partial charge is 0.449 e. The quantitative estimate of drug-likeness (QED) is 0.459. The van der Waals surface area contributed by atoms with Crippen LogP contribution in [-0.4, -0.2) is 11.3 Å². The summed E-state index contributed by atoms with van der Waals surface area (Å²) >= 11 is 0. The molecule has 0 spiro atoms. The highest BCUT2D eigenvalue weighted by atomic mass is 16.7. The third-order valence-electron chi connectivity index (χ3n) is 0.919. The molecule has 0 aromatic carbocycles. The minimum Gasteiger partial charge on any atom is -0.449 e. The maximum Gasteiger partial charge on any atom is 0.510 e. The van der Waals surface area contributed by atoms with E-state index >= 15 is 0 Å². The van der Waals surface area contributed by atoms with E-state index in [0.717, 1.165) is 12.0 Å². The van der Waals surface area contributed by atoms with E-state index < -0.39 is 6.16 Å². The first-order chi connectivity index (χ1) is 4.16. The third kappa shape index (κ3) is 4.87. The van der Waals surface area contributed by atoms with Gasteiger partial charge >= 0.3 is 6.16 Å². The molecule has 0 aliphatic rings. The molecule has 0 atom stereocenters. The highest BCUT2D eigenvalue weighted by Crippen LogP contribution is 1.97. The van der Waals surface area contributed by atoms with E-state index in [1.54, 1.807) is 0 Å². The summed E-state index contributed by atoms with van der Waals surface area (Å²) in [5.74, 6) is 0. The van der Waals surface area contributed by atoms with Crippen LogP contribution in [-0.2, 0) is 4.74 Å². The minimum absolute atomic E-state index is 0.813. The predicted octanol–water partition coefficient (Wildman–Crippen LogP) is 1.99. The van der Waals surface area contributed by atoms with Crippen LogP contribution in [0.3, 0.4) is 0 Å². The van der Waals surface area contributed by atoms with Gasteiger partial charge in [-0.2, -0.15) is 0 Å². The summed E-state index contributed by atoms with van der Waals surface area (Å²) in [5.41, 5.74) is 0.914. The van der Waals surface area contributed by atoms with E-state index in [2.05, 4.69) is 4.74 Å². The number of ether oxygens (including phenoxy) is 1. The van der Waals surface area contributed by atoms with Crippen molar-refractivity contribution in [3.05, 3.63) is 11.8 Å². The molecule has 0 saturated carbocycles. The Kier molecular flexibility index (Phi) is 3.51. The van der Waals surface area contributed by atoms with Gasteiger partial charge in [-0.1, -0.05) is 6.92 Å². The monoisotopic (exact) mass is 130 g/mol. The predicted molar refractivity (Wildman–Crippen MR) is 33.2 cm³/mol. The van der Waals surface area contributed by atoms with Crippen LogP contribution in [0.15, 0.2) is 11.8 Å². The zero-order valence-electron chi connectivity index (χ0n) is 5.55. The molecule has 0 aromatic rings. The average molecular weight is 130 g/mol. The van der Waals surface area contributed by atoms with Crippen LogP contribution in [0, 0.1) is 0 Å². The van der Waals surface area contributed by atoms with Gasteiger partial charge in [-0.3, -0.25) is 0 Å². The lowest BCUT2D eigenvalue weighted by Crippen LogP contribution is -1.92. The molecule has 3 nitrogen and oxygen atoms in total. The molecule has 0 aliphatic heterocycles. The summed E-state index contributed by atoms with van der Waals surface area (Å²) in [6.07, 6.45) is 0.790. The molecule has 0 heterocycles. The van der Waals surface area contributed by atoms with Crippen LogP contribution in [0.1, 0.15) is 20.3 Å². The molecule has 1 N–H and O–H groups in total. The molecule has 9 heavy (non-hydrogen) atoms. The molecule has 0 amide bonds. The number of rotatable bonds is 2. The Bertz CT molecular complexity index is 126. The Balaban J connectivity index is 3.56. The fraction of sp³-hybridized carbons (Fsp3) is 0.500. The van der Waals surface area contributed by atoms with Gasteiger partial charge in [0.25, 0.3) is 0 Å². The van der Waals surface area contributed by atoms with Gasteiger partial charge in [0, 0.05) is 0 Å². The third-order valence-corrected chi connectivity index (χ3v) is 0.919. The van der Waals surface area contributed by atoms with Gasteiger partial charge in [-0.25, -0.2) is 4.79 Å². The molecule has 0 fully saturated rings. The number of hydrogen-bond acceptors (Lipinski definition) is 2. The Morgan fingerprint density at radius 1 is 1.78 bits per heavy atom. The Morgan fingerprint density at radius 3 is 2.67 bits per heavy atom. The summed E-state index contributed by atoms with van der Waals surface area (Å²) in [5, 5.41) is 7.99. The summed E-state index contributed by atoms with van der Waals surface area (Å²) in [7, 11) is 0. The molecule has 52 valence electrons. The molecular weight excluding hydrogens is 120 g/mol. The second kappa shape index (κ2) is 3.95. The fourth-order valence-electron chi connectivity index (χ4n) is 0.234. The van der Waals surface area contributed by atoms with E-state index in [1.165, 1.54) is 6.26 Å². The zero-order chi connectivity index (χ0) is 7.28. The van der Waals surface area contributed by atoms with Gasteiger partial charge in [0.1, 0.15) is 0 Å². The lowest BCUT2D eigenvalue weighted by Gasteiger charge is -1.92. The second-order valence-electron chi connectivity index (χ2n) is 1.70. The maximum atomic E-state index is 9.75. The molecular formula is C6H10O3. The van der Waals surface area contributed by atoms with E-state index in [1.807, 2.05) is 13.8 Å². The lowest BCUT2D eigenvalue weighted by atomic mass is 10.3. The van der Waals surface area contributed by atoms with Crippen LogP contribution in [0.25, 0.3) is 0 Å². The van der Waals surface area contributed by atoms with E-state index in [-0.39, 0.29) is 0 Å². The normalized spacial score (nSPS) is 11.1. The maximum absolute atomic E-state index is 9.75. The van der Waals surface area contributed by atoms with Crippen molar-refractivity contribution in [1.82, 2.24) is 0 Å². The Hall–Kier alpha value is -0.990. The molecule has 0 aromatic heterocycles. The van der Waals surface area contributed by atoms with Crippen molar-refractivity contribution in [2.75, 3.05) is 0 Å². The number of carboxylic acid groups (broad SMARTS) is 1. The number of hydrogen-bond donors (Lipinski definition) is 1. The topological polar surface area (TPSA) is 46.5 Å². The molecule has 0 aliphatic carbocycles. The summed E-state index contributed by atoms with van der Waals surface area (Å²) in [6, 6.07) is 0. The van der Waals surface area contributed by atoms with Gasteiger partial charge in [-0.15, -0.1) is 0 Å². The summed E-state index contributed by atoms with van der Waals surface area (Å²) in [4.78, 5) is 9.75. The fourth-order valence-corrected chi connectivity index (χ4v) is 0.234. The van der Waals surface area contributed by atoms with Gasteiger partial charge in [0.2, 0.25) is 0 Å². The largest absolute Gasteiger partial charge is 0.510 e. The van der Waals surface area contributed by atoms with Crippen LogP contribution in [0.4, 0.5) is 4.79 Å². The molecule has 0 rings (SSSR count). The highest BCUT2D eigenvalue weighted by Gasteiger charge is 1.90. The van der Waals surface area contributed by atoms with E-state index in [0.29, 0.717) is 0 Å². The second-order valence-corrected chi connectivity index (χ2v) is 1.70. The summed E-state index contributed by atoms with van der Waals surface area (Å²) in [6.45, 7) is 3.74. The first-order valence-electron chi connectivity index (χ1n) is 2.72. The molecule has 0 radical (unpaired) electrons. The highest BCUT2D eigenvalue weighted by molar-refractivity contribution is 5.57. The first kappa shape index (κ1) is 8.01. The number of carbonyl (C=O) groups is 1. The zero-order valence-corrected chi connectivity index (χ0v) is 5.55. The number of allylic oxidation sites excluding steroid dienone is 1. The molecule has 3 heteroatoms. The van der Waals surface area contributed by atoms with Crippen molar-refractivity contribution >= 4 is 6.16 Å². The molecule has 0 saturated heterocycles. The average Bonchev–Trinajstić information content (AvgIpc) is 1.83. The molecule has 0 bridgehead atoms. The Morgan fingerprint density at radius 2 is 2.33 bits per heavy atom. The van der Waals surface area contributed by atoms with E-state index in [4.69, 9.17) is 5.11 Å². The van der Waals surface area contributed by atoms with Crippen LogP contribution in [0.5, 0.6) is 0 Å². The minimum atomic E-state index is -1.26. The van der Waals surface area contributed by atoms with E-state index in [9.17, 15) is 4.79 Å². The van der Waals surface area contributed by atoms with Crippen molar-refractivity contribution < 1.29 is 14.6 Å². The standard InChI is InChI=1S/C6H10O3/c1-3-5(2)4-9-6(7)8/h4H,3H2,1-2H3,(H,7,8). The molecule has 0 unspecified atom stereocenters. The Labute approximate surface area is 53.9 Å². The lowest BCUT2D eigenvalue weighted by molar-refractivity contribution is 0.127. The van der Waals surface area contributed by atoms with Crippen molar-refractivity contribution in [2.45, 2.75) is 20.3 Å². The van der Waals surface area contributed by atoms with Gasteiger partial charge < -0.3 is 9.84 Å². The van der Waals surface area contributed by atoms with Gasteiger partial charge in [-0.05, 0) is 18.9 Å². The van der Waals surface area contributed by atoms with Crippen LogP contribution in [0.2, 0.25) is 0 Å². The van der Waals surface area contributed by atoms with Crippen molar-refractivity contribution in [3.8, 4) is 0 Å². The van der Waals surface area contributed by atoms with Crippen LogP contribution < -0.4 is 0 Å².